The van der Waals surface area contributed by atoms with Gasteiger partial charge in [0.25, 0.3) is 0 Å². The zero-order chi connectivity index (χ0) is 27.2. The fourth-order valence-electron chi connectivity index (χ4n) is 3.47. The van der Waals surface area contributed by atoms with Crippen LogP contribution >= 0.6 is 57.9 Å². The van der Waals surface area contributed by atoms with Gasteiger partial charge < -0.3 is 19.4 Å². The molecule has 0 radical (unpaired) electrons. The zero-order valence-corrected chi connectivity index (χ0v) is 24.1. The van der Waals surface area contributed by atoms with Crippen molar-refractivity contribution in [3.05, 3.63) is 74.3 Å². The van der Waals surface area contributed by atoms with Gasteiger partial charge in [-0.3, -0.25) is 4.79 Å². The molecular weight excluding hydrogens is 591 g/mol. The van der Waals surface area contributed by atoms with Crippen LogP contribution in [0.1, 0.15) is 23.1 Å². The van der Waals surface area contributed by atoms with Crippen LogP contribution in [-0.2, 0) is 22.7 Å². The van der Waals surface area contributed by atoms with E-state index in [0.717, 1.165) is 5.56 Å². The summed E-state index contributed by atoms with van der Waals surface area (Å²) in [6.07, 6.45) is 0. The maximum Gasteiger partial charge on any atom is 0.341 e. The number of benzene rings is 2. The van der Waals surface area contributed by atoms with Gasteiger partial charge in [-0.2, -0.15) is 0 Å². The van der Waals surface area contributed by atoms with E-state index in [1.807, 2.05) is 11.5 Å². The molecule has 1 amide bonds. The average molecular weight is 612 g/mol. The van der Waals surface area contributed by atoms with Crippen LogP contribution in [0.3, 0.4) is 0 Å². The first-order chi connectivity index (χ1) is 18.3. The molecule has 0 atom stereocenters. The Kier molecular flexibility index (Phi) is 9.56. The van der Waals surface area contributed by atoms with Gasteiger partial charge in [-0.05, 0) is 36.8 Å². The first kappa shape index (κ1) is 28.3. The number of nitrogens with zero attached hydrogens (tertiary/aromatic N) is 3. The second kappa shape index (κ2) is 12.9. The smallest absolute Gasteiger partial charge is 0.341 e. The van der Waals surface area contributed by atoms with Gasteiger partial charge in [0.2, 0.25) is 5.91 Å². The van der Waals surface area contributed by atoms with Gasteiger partial charge >= 0.3 is 5.97 Å². The molecule has 38 heavy (non-hydrogen) atoms. The Morgan fingerprint density at radius 3 is 2.53 bits per heavy atom. The number of amides is 1. The lowest BCUT2D eigenvalue weighted by molar-refractivity contribution is -0.113. The Hall–Kier alpha value is -2.76. The average Bonchev–Trinajstić information content (AvgIpc) is 3.51. The van der Waals surface area contributed by atoms with E-state index in [2.05, 4.69) is 15.5 Å². The first-order valence-electron chi connectivity index (χ1n) is 11.2. The van der Waals surface area contributed by atoms with E-state index < -0.39 is 5.97 Å². The van der Waals surface area contributed by atoms with Crippen molar-refractivity contribution in [3.63, 3.8) is 0 Å². The molecule has 0 aliphatic heterocycles. The van der Waals surface area contributed by atoms with Crippen molar-refractivity contribution in [2.45, 2.75) is 25.2 Å². The molecule has 8 nitrogen and oxygen atoms in total. The van der Waals surface area contributed by atoms with Gasteiger partial charge in [0, 0.05) is 33.6 Å². The van der Waals surface area contributed by atoms with E-state index in [4.69, 9.17) is 44.3 Å². The SMILES string of the molecule is CCn1c(COc2cc(Cl)ccc2Cl)nnc1SCC(=O)Nc1scc(-c2ccc(Cl)cc2)c1C(=O)OC. The lowest BCUT2D eigenvalue weighted by Gasteiger charge is -2.10. The summed E-state index contributed by atoms with van der Waals surface area (Å²) < 4.78 is 12.6. The topological polar surface area (TPSA) is 95.3 Å². The number of thioether (sulfide) groups is 1. The number of esters is 1. The molecule has 0 saturated carbocycles. The molecule has 0 aliphatic rings. The number of nitrogens with one attached hydrogen (secondary N) is 1. The number of hydrogen-bond donors (Lipinski definition) is 1. The van der Waals surface area contributed by atoms with Crippen LogP contribution in [-0.4, -0.2) is 39.5 Å². The third-order valence-electron chi connectivity index (χ3n) is 5.28. The van der Waals surface area contributed by atoms with Crippen molar-refractivity contribution in [1.29, 1.82) is 0 Å². The number of hydrogen-bond acceptors (Lipinski definition) is 8. The van der Waals surface area contributed by atoms with Gasteiger partial charge in [-0.25, -0.2) is 4.79 Å². The Balaban J connectivity index is 1.43. The summed E-state index contributed by atoms with van der Waals surface area (Å²) >= 11 is 20.6. The summed E-state index contributed by atoms with van der Waals surface area (Å²) in [5.74, 6) is 0.209. The Bertz CT molecular complexity index is 1460. The normalized spacial score (nSPS) is 10.9. The Morgan fingerprint density at radius 1 is 1.08 bits per heavy atom. The van der Waals surface area contributed by atoms with Gasteiger partial charge in [0.1, 0.15) is 22.9 Å². The van der Waals surface area contributed by atoms with E-state index in [9.17, 15) is 9.59 Å². The third-order valence-corrected chi connectivity index (χ3v) is 7.94. The summed E-state index contributed by atoms with van der Waals surface area (Å²) in [7, 11) is 1.30. The lowest BCUT2D eigenvalue weighted by atomic mass is 10.0. The fourth-order valence-corrected chi connectivity index (χ4v) is 5.72. The van der Waals surface area contributed by atoms with Crippen molar-refractivity contribution < 1.29 is 19.1 Å². The molecule has 2 aromatic heterocycles. The number of anilines is 1. The molecule has 0 unspecified atom stereocenters. The number of ether oxygens (including phenoxy) is 2. The number of thiophene rings is 1. The predicted molar refractivity (Wildman–Crippen MR) is 152 cm³/mol. The number of carbonyl (C=O) groups excluding carboxylic acids is 2. The molecule has 4 aromatic rings. The minimum atomic E-state index is -0.547. The molecule has 0 saturated heterocycles. The van der Waals surface area contributed by atoms with Crippen molar-refractivity contribution in [1.82, 2.24) is 14.8 Å². The predicted octanol–water partition coefficient (Wildman–Crippen LogP) is 7.08. The van der Waals surface area contributed by atoms with Crippen LogP contribution in [0.2, 0.25) is 15.1 Å². The molecule has 0 spiro atoms. The maximum absolute atomic E-state index is 12.8. The fraction of sp³-hybridized carbons (Fsp3) is 0.200. The highest BCUT2D eigenvalue weighted by Gasteiger charge is 2.23. The molecule has 4 rings (SSSR count). The molecule has 0 aliphatic carbocycles. The minimum absolute atomic E-state index is 0.0495. The number of halogens is 3. The number of carbonyl (C=O) groups is 2. The molecule has 0 fully saturated rings. The van der Waals surface area contributed by atoms with Crippen LogP contribution in [0.5, 0.6) is 5.75 Å². The highest BCUT2D eigenvalue weighted by molar-refractivity contribution is 7.99. The van der Waals surface area contributed by atoms with Gasteiger partial charge in [0.15, 0.2) is 11.0 Å². The molecule has 1 N–H and O–H groups in total. The lowest BCUT2D eigenvalue weighted by Crippen LogP contribution is -2.16. The van der Waals surface area contributed by atoms with Gasteiger partial charge in [0.05, 0.1) is 17.9 Å². The minimum Gasteiger partial charge on any atom is -0.484 e. The summed E-state index contributed by atoms with van der Waals surface area (Å²) in [4.78, 5) is 25.4. The molecular formula is C25H21Cl3N4O4S2. The quantitative estimate of drug-likeness (QED) is 0.151. The number of aromatic nitrogens is 3. The highest BCUT2D eigenvalue weighted by Crippen LogP contribution is 2.37. The van der Waals surface area contributed by atoms with Crippen molar-refractivity contribution >= 4 is 74.8 Å². The first-order valence-corrected chi connectivity index (χ1v) is 14.2. The van der Waals surface area contributed by atoms with Crippen LogP contribution in [0.4, 0.5) is 5.00 Å². The van der Waals surface area contributed by atoms with E-state index >= 15 is 0 Å². The maximum atomic E-state index is 12.8. The van der Waals surface area contributed by atoms with Crippen molar-refractivity contribution in [2.75, 3.05) is 18.2 Å². The summed E-state index contributed by atoms with van der Waals surface area (Å²) in [5, 5.41) is 15.5. The largest absolute Gasteiger partial charge is 0.484 e. The Labute approximate surface area is 242 Å². The number of rotatable bonds is 10. The molecule has 2 heterocycles. The Morgan fingerprint density at radius 2 is 1.82 bits per heavy atom. The standard InChI is InChI=1S/C25H21Cl3N4O4S2/c1-3-32-20(11-36-19-10-16(27)8-9-18(19)28)30-31-25(32)38-13-21(33)29-23-22(24(34)35-2)17(12-37-23)14-4-6-15(26)7-5-14/h4-10,12H,3,11,13H2,1-2H3,(H,29,33). The summed E-state index contributed by atoms with van der Waals surface area (Å²) in [6.45, 7) is 2.63. The second-order valence-electron chi connectivity index (χ2n) is 7.70. The van der Waals surface area contributed by atoms with E-state index in [1.54, 1.807) is 47.8 Å². The second-order valence-corrected chi connectivity index (χ2v) is 10.8. The van der Waals surface area contributed by atoms with Crippen molar-refractivity contribution in [3.8, 4) is 16.9 Å². The van der Waals surface area contributed by atoms with Crippen molar-refractivity contribution in [2.24, 2.45) is 0 Å². The summed E-state index contributed by atoms with van der Waals surface area (Å²) in [5.41, 5.74) is 1.72. The summed E-state index contributed by atoms with van der Waals surface area (Å²) in [6, 6.07) is 12.0. The van der Waals surface area contributed by atoms with E-state index in [0.29, 0.717) is 48.9 Å². The van der Waals surface area contributed by atoms with Crippen LogP contribution < -0.4 is 10.1 Å². The van der Waals surface area contributed by atoms with Gasteiger partial charge in [-0.15, -0.1) is 21.5 Å². The van der Waals surface area contributed by atoms with E-state index in [-0.39, 0.29) is 23.8 Å². The number of methoxy groups -OCH3 is 1. The van der Waals surface area contributed by atoms with Gasteiger partial charge in [-0.1, -0.05) is 58.7 Å². The van der Waals surface area contributed by atoms with Crippen LogP contribution in [0.25, 0.3) is 11.1 Å². The third kappa shape index (κ3) is 6.62. The van der Waals surface area contributed by atoms with E-state index in [1.165, 1.54) is 30.2 Å². The molecule has 198 valence electrons. The molecule has 2 aromatic carbocycles. The molecule has 0 bridgehead atoms. The highest BCUT2D eigenvalue weighted by atomic mass is 35.5. The van der Waals surface area contributed by atoms with Crippen LogP contribution in [0.15, 0.2) is 53.0 Å². The van der Waals surface area contributed by atoms with Crippen LogP contribution in [0, 0.1) is 0 Å². The molecule has 13 heteroatoms. The zero-order valence-electron chi connectivity index (χ0n) is 20.2. The monoisotopic (exact) mass is 610 g/mol.